The highest BCUT2D eigenvalue weighted by Gasteiger charge is 2.35. The minimum absolute atomic E-state index is 0.0441. The molecule has 1 aliphatic heterocycles. The smallest absolute Gasteiger partial charge is 0.267 e. The first-order valence-corrected chi connectivity index (χ1v) is 6.86. The molecule has 19 heavy (non-hydrogen) atoms. The van der Waals surface area contributed by atoms with Crippen LogP contribution in [0.2, 0.25) is 0 Å². The van der Waals surface area contributed by atoms with Crippen LogP contribution in [0.5, 0.6) is 0 Å². The molecule has 6 heteroatoms. The van der Waals surface area contributed by atoms with Crippen LogP contribution >= 0.6 is 24.8 Å². The van der Waals surface area contributed by atoms with Crippen molar-refractivity contribution in [2.75, 3.05) is 6.54 Å². The van der Waals surface area contributed by atoms with Gasteiger partial charge in [-0.2, -0.15) is 0 Å². The average molecular weight is 294 g/mol. The molecule has 0 fully saturated rings. The normalized spacial score (nSPS) is 15.6. The second-order valence-corrected chi connectivity index (χ2v) is 5.52. The Balaban J connectivity index is 2.10. The number of carbonyl (C=O) groups is 2. The molecule has 1 unspecified atom stereocenters. The number of amides is 2. The number of carbonyl (C=O) groups excluding carboxylic acids is 2. The SMILES string of the molecule is CCC(CNN1C(=O)c2ccccc2C1=O)C(=S)S. The van der Waals surface area contributed by atoms with Crippen LogP contribution in [0, 0.1) is 5.92 Å². The van der Waals surface area contributed by atoms with E-state index >= 15 is 0 Å². The summed E-state index contributed by atoms with van der Waals surface area (Å²) in [5.74, 6) is -0.594. The summed E-state index contributed by atoms with van der Waals surface area (Å²) in [7, 11) is 0. The van der Waals surface area contributed by atoms with Gasteiger partial charge < -0.3 is 0 Å². The Morgan fingerprint density at radius 2 is 1.84 bits per heavy atom. The maximum atomic E-state index is 12.1. The molecule has 1 heterocycles. The maximum Gasteiger partial charge on any atom is 0.276 e. The van der Waals surface area contributed by atoms with Crippen LogP contribution in [0.4, 0.5) is 0 Å². The number of thiol groups is 1. The Bertz CT molecular complexity index is 510. The molecule has 0 aliphatic carbocycles. The minimum Gasteiger partial charge on any atom is -0.267 e. The fraction of sp³-hybridized carbons (Fsp3) is 0.308. The van der Waals surface area contributed by atoms with Crippen LogP contribution in [0.3, 0.4) is 0 Å². The zero-order valence-electron chi connectivity index (χ0n) is 10.4. The summed E-state index contributed by atoms with van der Waals surface area (Å²) in [6.45, 7) is 2.40. The lowest BCUT2D eigenvalue weighted by Crippen LogP contribution is -2.45. The Kier molecular flexibility index (Phi) is 4.34. The van der Waals surface area contributed by atoms with Crippen molar-refractivity contribution in [2.45, 2.75) is 13.3 Å². The van der Waals surface area contributed by atoms with Crippen molar-refractivity contribution in [1.29, 1.82) is 0 Å². The molecule has 0 spiro atoms. The Labute approximate surface area is 122 Å². The first-order chi connectivity index (χ1) is 9.06. The van der Waals surface area contributed by atoms with Crippen molar-refractivity contribution < 1.29 is 9.59 Å². The van der Waals surface area contributed by atoms with Crippen LogP contribution in [-0.4, -0.2) is 27.6 Å². The Hall–Kier alpha value is -1.24. The monoisotopic (exact) mass is 294 g/mol. The number of nitrogens with zero attached hydrogens (tertiary/aromatic N) is 1. The van der Waals surface area contributed by atoms with Crippen molar-refractivity contribution in [1.82, 2.24) is 10.4 Å². The molecule has 0 saturated carbocycles. The molecule has 0 saturated heterocycles. The van der Waals surface area contributed by atoms with Crippen molar-refractivity contribution in [3.8, 4) is 0 Å². The van der Waals surface area contributed by atoms with Crippen LogP contribution in [0.15, 0.2) is 24.3 Å². The van der Waals surface area contributed by atoms with Gasteiger partial charge in [0, 0.05) is 16.7 Å². The molecule has 1 aliphatic rings. The van der Waals surface area contributed by atoms with Gasteiger partial charge in [-0.15, -0.1) is 12.6 Å². The summed E-state index contributed by atoms with van der Waals surface area (Å²) < 4.78 is 0.576. The van der Waals surface area contributed by atoms with E-state index in [1.807, 2.05) is 6.92 Å². The average Bonchev–Trinajstić information content (AvgIpc) is 2.64. The number of imide groups is 1. The summed E-state index contributed by atoms with van der Waals surface area (Å²) in [4.78, 5) is 24.1. The van der Waals surface area contributed by atoms with Gasteiger partial charge in [0.25, 0.3) is 11.8 Å². The number of hydrazine groups is 1. The lowest BCUT2D eigenvalue weighted by atomic mass is 10.1. The van der Waals surface area contributed by atoms with E-state index < -0.39 is 0 Å². The molecule has 1 N–H and O–H groups in total. The van der Waals surface area contributed by atoms with Gasteiger partial charge in [-0.25, -0.2) is 10.4 Å². The van der Waals surface area contributed by atoms with Gasteiger partial charge in [0.15, 0.2) is 0 Å². The molecular weight excluding hydrogens is 280 g/mol. The zero-order valence-corrected chi connectivity index (χ0v) is 12.1. The van der Waals surface area contributed by atoms with Gasteiger partial charge in [0.1, 0.15) is 0 Å². The number of hydrogen-bond donors (Lipinski definition) is 2. The number of nitrogens with one attached hydrogen (secondary N) is 1. The quantitative estimate of drug-likeness (QED) is 0.496. The third-order valence-corrected chi connectivity index (χ3v) is 3.83. The number of benzene rings is 1. The highest BCUT2D eigenvalue weighted by atomic mass is 32.1. The Morgan fingerprint density at radius 1 is 1.32 bits per heavy atom. The maximum absolute atomic E-state index is 12.1. The fourth-order valence-electron chi connectivity index (χ4n) is 1.94. The zero-order chi connectivity index (χ0) is 14.0. The predicted molar refractivity (Wildman–Crippen MR) is 80.3 cm³/mol. The summed E-state index contributed by atoms with van der Waals surface area (Å²) in [6.07, 6.45) is 0.804. The first-order valence-electron chi connectivity index (χ1n) is 6.00. The van der Waals surface area contributed by atoms with Gasteiger partial charge in [0.2, 0.25) is 0 Å². The standard InChI is InChI=1S/C13H14N2O2S2/c1-2-8(13(18)19)7-14-15-11(16)9-5-3-4-6-10(9)12(15)17/h3-6,8,14H,2,7H2,1H3,(H,18,19). The van der Waals surface area contributed by atoms with Crippen LogP contribution in [-0.2, 0) is 0 Å². The lowest BCUT2D eigenvalue weighted by Gasteiger charge is -2.19. The van der Waals surface area contributed by atoms with E-state index in [4.69, 9.17) is 12.2 Å². The molecular formula is C13H14N2O2S2. The highest BCUT2D eigenvalue weighted by Crippen LogP contribution is 2.21. The first kappa shape index (κ1) is 14.2. The molecule has 100 valence electrons. The third-order valence-electron chi connectivity index (χ3n) is 3.13. The summed E-state index contributed by atoms with van der Waals surface area (Å²) >= 11 is 9.17. The van der Waals surface area contributed by atoms with Crippen LogP contribution in [0.25, 0.3) is 0 Å². The summed E-state index contributed by atoms with van der Waals surface area (Å²) in [6, 6.07) is 6.78. The summed E-state index contributed by atoms with van der Waals surface area (Å²) in [5.41, 5.74) is 3.72. The van der Waals surface area contributed by atoms with Crippen molar-refractivity contribution in [3.05, 3.63) is 35.4 Å². The van der Waals surface area contributed by atoms with E-state index in [1.165, 1.54) is 0 Å². The van der Waals surface area contributed by atoms with Crippen LogP contribution in [0.1, 0.15) is 34.1 Å². The van der Waals surface area contributed by atoms with E-state index in [1.54, 1.807) is 24.3 Å². The highest BCUT2D eigenvalue weighted by molar-refractivity contribution is 8.11. The van der Waals surface area contributed by atoms with Gasteiger partial charge in [-0.1, -0.05) is 31.3 Å². The number of fused-ring (bicyclic) bond motifs is 1. The second kappa shape index (κ2) is 5.81. The van der Waals surface area contributed by atoms with Gasteiger partial charge in [0.05, 0.1) is 11.1 Å². The van der Waals surface area contributed by atoms with E-state index in [-0.39, 0.29) is 17.7 Å². The molecule has 4 nitrogen and oxygen atoms in total. The van der Waals surface area contributed by atoms with E-state index in [0.29, 0.717) is 21.9 Å². The molecule has 1 atom stereocenters. The van der Waals surface area contributed by atoms with E-state index in [0.717, 1.165) is 11.4 Å². The molecule has 1 aromatic rings. The topological polar surface area (TPSA) is 49.4 Å². The van der Waals surface area contributed by atoms with E-state index in [2.05, 4.69) is 18.1 Å². The molecule has 1 aromatic carbocycles. The molecule has 2 amide bonds. The van der Waals surface area contributed by atoms with Crippen molar-refractivity contribution >= 4 is 40.9 Å². The lowest BCUT2D eigenvalue weighted by molar-refractivity contribution is 0.0562. The van der Waals surface area contributed by atoms with Crippen LogP contribution < -0.4 is 5.43 Å². The largest absolute Gasteiger partial charge is 0.276 e. The molecule has 2 rings (SSSR count). The predicted octanol–water partition coefficient (Wildman–Crippen LogP) is 2.07. The summed E-state index contributed by atoms with van der Waals surface area (Å²) in [5, 5.41) is 1.05. The number of rotatable bonds is 5. The van der Waals surface area contributed by atoms with E-state index in [9.17, 15) is 9.59 Å². The minimum atomic E-state index is -0.319. The number of hydrogen-bond acceptors (Lipinski definition) is 4. The third kappa shape index (κ3) is 2.70. The molecule has 0 bridgehead atoms. The van der Waals surface area contributed by atoms with Crippen molar-refractivity contribution in [3.63, 3.8) is 0 Å². The van der Waals surface area contributed by atoms with Gasteiger partial charge >= 0.3 is 0 Å². The number of thiocarbonyl (C=S) groups is 1. The second-order valence-electron chi connectivity index (χ2n) is 4.30. The fourth-order valence-corrected chi connectivity index (χ4v) is 2.46. The van der Waals surface area contributed by atoms with Crippen molar-refractivity contribution in [2.24, 2.45) is 5.92 Å². The van der Waals surface area contributed by atoms with Gasteiger partial charge in [-0.3, -0.25) is 9.59 Å². The Morgan fingerprint density at radius 3 is 2.26 bits per heavy atom. The van der Waals surface area contributed by atoms with Gasteiger partial charge in [-0.05, 0) is 18.6 Å². The molecule has 0 radical (unpaired) electrons. The molecule has 0 aromatic heterocycles.